The van der Waals surface area contributed by atoms with Crippen molar-refractivity contribution >= 4 is 27.5 Å². The van der Waals surface area contributed by atoms with Gasteiger partial charge in [0.1, 0.15) is 5.75 Å². The molecule has 18 heavy (non-hydrogen) atoms. The average molecular weight is 308 g/mol. The standard InChI is InChI=1S/C12H10BrN3O2/c1-18-11-7-14-3-2-10(11)12(17)16-9-4-8(13)5-15-6-9/h2-7H,1H3,(H,16,17). The number of pyridine rings is 2. The average Bonchev–Trinajstić information content (AvgIpc) is 2.38. The van der Waals surface area contributed by atoms with Gasteiger partial charge >= 0.3 is 0 Å². The molecule has 2 aromatic rings. The third-order valence-electron chi connectivity index (χ3n) is 2.21. The Morgan fingerprint density at radius 3 is 2.89 bits per heavy atom. The zero-order valence-electron chi connectivity index (χ0n) is 9.55. The summed E-state index contributed by atoms with van der Waals surface area (Å²) >= 11 is 3.29. The Bertz CT molecular complexity index is 575. The van der Waals surface area contributed by atoms with Crippen molar-refractivity contribution in [1.29, 1.82) is 0 Å². The molecule has 0 bridgehead atoms. The van der Waals surface area contributed by atoms with E-state index in [-0.39, 0.29) is 5.91 Å². The van der Waals surface area contributed by atoms with E-state index in [2.05, 4.69) is 31.2 Å². The summed E-state index contributed by atoms with van der Waals surface area (Å²) in [7, 11) is 1.49. The van der Waals surface area contributed by atoms with E-state index in [1.54, 1.807) is 24.5 Å². The first-order valence-corrected chi connectivity index (χ1v) is 5.90. The lowest BCUT2D eigenvalue weighted by atomic mass is 10.2. The molecule has 0 aliphatic carbocycles. The van der Waals surface area contributed by atoms with Crippen LogP contribution in [0.3, 0.4) is 0 Å². The van der Waals surface area contributed by atoms with E-state index in [4.69, 9.17) is 4.74 Å². The Morgan fingerprint density at radius 1 is 1.33 bits per heavy atom. The van der Waals surface area contributed by atoms with Crippen LogP contribution in [0.2, 0.25) is 0 Å². The number of carbonyl (C=O) groups excluding carboxylic acids is 1. The summed E-state index contributed by atoms with van der Waals surface area (Å²) in [6.45, 7) is 0. The Balaban J connectivity index is 2.22. The van der Waals surface area contributed by atoms with Gasteiger partial charge in [0.15, 0.2) is 0 Å². The first-order chi connectivity index (χ1) is 8.70. The number of carbonyl (C=O) groups is 1. The summed E-state index contributed by atoms with van der Waals surface area (Å²) in [5.41, 5.74) is 1.03. The third-order valence-corrected chi connectivity index (χ3v) is 2.65. The highest BCUT2D eigenvalue weighted by Gasteiger charge is 2.12. The molecule has 5 nitrogen and oxygen atoms in total. The number of methoxy groups -OCH3 is 1. The monoisotopic (exact) mass is 307 g/mol. The summed E-state index contributed by atoms with van der Waals surface area (Å²) in [4.78, 5) is 19.9. The third kappa shape index (κ3) is 2.84. The van der Waals surface area contributed by atoms with Gasteiger partial charge in [-0.25, -0.2) is 0 Å². The molecule has 0 unspecified atom stereocenters. The molecule has 0 aromatic carbocycles. The number of rotatable bonds is 3. The smallest absolute Gasteiger partial charge is 0.259 e. The number of aromatic nitrogens is 2. The fourth-order valence-electron chi connectivity index (χ4n) is 1.41. The quantitative estimate of drug-likeness (QED) is 0.946. The minimum atomic E-state index is -0.269. The summed E-state index contributed by atoms with van der Waals surface area (Å²) in [5.74, 6) is 0.159. The van der Waals surface area contributed by atoms with Crippen LogP contribution in [0.25, 0.3) is 0 Å². The maximum absolute atomic E-state index is 12.0. The minimum Gasteiger partial charge on any atom is -0.494 e. The number of ether oxygens (including phenoxy) is 1. The number of halogens is 1. The van der Waals surface area contributed by atoms with Crippen molar-refractivity contribution in [2.24, 2.45) is 0 Å². The zero-order chi connectivity index (χ0) is 13.0. The lowest BCUT2D eigenvalue weighted by Crippen LogP contribution is -2.13. The van der Waals surface area contributed by atoms with E-state index >= 15 is 0 Å². The lowest BCUT2D eigenvalue weighted by molar-refractivity contribution is 0.102. The number of anilines is 1. The number of hydrogen-bond acceptors (Lipinski definition) is 4. The van der Waals surface area contributed by atoms with Crippen molar-refractivity contribution in [3.63, 3.8) is 0 Å². The molecule has 0 aliphatic rings. The topological polar surface area (TPSA) is 64.1 Å². The molecule has 0 atom stereocenters. The van der Waals surface area contributed by atoms with E-state index in [1.165, 1.54) is 19.5 Å². The molecule has 2 aromatic heterocycles. The SMILES string of the molecule is COc1cnccc1C(=O)Nc1cncc(Br)c1. The molecule has 0 radical (unpaired) electrons. The first-order valence-electron chi connectivity index (χ1n) is 5.10. The van der Waals surface area contributed by atoms with E-state index in [0.29, 0.717) is 17.0 Å². The second kappa shape index (κ2) is 5.59. The summed E-state index contributed by atoms with van der Waals surface area (Å²) in [6, 6.07) is 3.36. The Hall–Kier alpha value is -1.95. The lowest BCUT2D eigenvalue weighted by Gasteiger charge is -2.08. The van der Waals surface area contributed by atoms with Gasteiger partial charge in [0.05, 0.1) is 30.8 Å². The zero-order valence-corrected chi connectivity index (χ0v) is 11.1. The molecule has 1 N–H and O–H groups in total. The molecular formula is C12H10BrN3O2. The highest BCUT2D eigenvalue weighted by Crippen LogP contribution is 2.19. The van der Waals surface area contributed by atoms with Crippen LogP contribution in [0, 0.1) is 0 Å². The second-order valence-corrected chi connectivity index (χ2v) is 4.34. The fourth-order valence-corrected chi connectivity index (χ4v) is 1.77. The second-order valence-electron chi connectivity index (χ2n) is 3.42. The molecule has 0 aliphatic heterocycles. The van der Waals surface area contributed by atoms with Gasteiger partial charge in [-0.2, -0.15) is 0 Å². The fraction of sp³-hybridized carbons (Fsp3) is 0.0833. The highest BCUT2D eigenvalue weighted by atomic mass is 79.9. The molecule has 0 fully saturated rings. The molecule has 0 saturated carbocycles. The Morgan fingerprint density at radius 2 is 2.17 bits per heavy atom. The molecule has 6 heteroatoms. The van der Waals surface area contributed by atoms with Crippen LogP contribution < -0.4 is 10.1 Å². The summed E-state index contributed by atoms with van der Waals surface area (Å²) in [6.07, 6.45) is 6.24. The minimum absolute atomic E-state index is 0.269. The Labute approximate surface area is 112 Å². The number of hydrogen-bond donors (Lipinski definition) is 1. The van der Waals surface area contributed by atoms with E-state index < -0.39 is 0 Å². The molecular weight excluding hydrogens is 298 g/mol. The van der Waals surface area contributed by atoms with Gasteiger partial charge in [-0.3, -0.25) is 14.8 Å². The molecule has 2 heterocycles. The van der Waals surface area contributed by atoms with Crippen molar-refractivity contribution in [1.82, 2.24) is 9.97 Å². The number of nitrogens with zero attached hydrogens (tertiary/aromatic N) is 2. The maximum Gasteiger partial charge on any atom is 0.259 e. The molecule has 1 amide bonds. The molecule has 0 spiro atoms. The van der Waals surface area contributed by atoms with Crippen molar-refractivity contribution in [3.8, 4) is 5.75 Å². The molecule has 0 saturated heterocycles. The van der Waals surface area contributed by atoms with E-state index in [1.807, 2.05) is 0 Å². The van der Waals surface area contributed by atoms with Crippen LogP contribution in [0.4, 0.5) is 5.69 Å². The maximum atomic E-state index is 12.0. The van der Waals surface area contributed by atoms with Gasteiger partial charge in [-0.1, -0.05) is 0 Å². The van der Waals surface area contributed by atoms with Crippen LogP contribution in [-0.4, -0.2) is 23.0 Å². The Kier molecular flexibility index (Phi) is 3.88. The largest absolute Gasteiger partial charge is 0.494 e. The van der Waals surface area contributed by atoms with Gasteiger partial charge < -0.3 is 10.1 Å². The van der Waals surface area contributed by atoms with E-state index in [9.17, 15) is 4.79 Å². The van der Waals surface area contributed by atoms with Crippen LogP contribution >= 0.6 is 15.9 Å². The summed E-state index contributed by atoms with van der Waals surface area (Å²) in [5, 5.41) is 2.73. The van der Waals surface area contributed by atoms with Crippen molar-refractivity contribution < 1.29 is 9.53 Å². The predicted octanol–water partition coefficient (Wildman–Crippen LogP) is 2.50. The van der Waals surface area contributed by atoms with Gasteiger partial charge in [0.25, 0.3) is 5.91 Å². The van der Waals surface area contributed by atoms with Crippen molar-refractivity contribution in [2.45, 2.75) is 0 Å². The van der Waals surface area contributed by atoms with Crippen LogP contribution in [0.15, 0.2) is 41.4 Å². The summed E-state index contributed by atoms with van der Waals surface area (Å²) < 4.78 is 5.87. The number of nitrogens with one attached hydrogen (secondary N) is 1. The van der Waals surface area contributed by atoms with Gasteiger partial charge in [0, 0.05) is 16.9 Å². The van der Waals surface area contributed by atoms with Crippen LogP contribution in [-0.2, 0) is 0 Å². The van der Waals surface area contributed by atoms with E-state index in [0.717, 1.165) is 4.47 Å². The highest BCUT2D eigenvalue weighted by molar-refractivity contribution is 9.10. The predicted molar refractivity (Wildman–Crippen MR) is 70.7 cm³/mol. The first kappa shape index (κ1) is 12.5. The normalized spacial score (nSPS) is 9.89. The van der Waals surface area contributed by atoms with Gasteiger partial charge in [-0.05, 0) is 28.1 Å². The molecule has 92 valence electrons. The van der Waals surface area contributed by atoms with Crippen LogP contribution in [0.5, 0.6) is 5.75 Å². The van der Waals surface area contributed by atoms with Crippen molar-refractivity contribution in [2.75, 3.05) is 12.4 Å². The van der Waals surface area contributed by atoms with Gasteiger partial charge in [0.2, 0.25) is 0 Å². The van der Waals surface area contributed by atoms with Crippen molar-refractivity contribution in [3.05, 3.63) is 47.0 Å². The molecule has 2 rings (SSSR count). The number of amides is 1. The van der Waals surface area contributed by atoms with Crippen LogP contribution in [0.1, 0.15) is 10.4 Å². The van der Waals surface area contributed by atoms with Gasteiger partial charge in [-0.15, -0.1) is 0 Å².